The smallest absolute Gasteiger partial charge is 0.249 e. The number of aromatic nitrogens is 1. The van der Waals surface area contributed by atoms with Gasteiger partial charge in [0, 0.05) is 12.3 Å². The third-order valence-corrected chi connectivity index (χ3v) is 3.08. The first-order valence-electron chi connectivity index (χ1n) is 7.14. The van der Waals surface area contributed by atoms with Crippen molar-refractivity contribution in [1.82, 2.24) is 4.98 Å². The molecule has 4 nitrogen and oxygen atoms in total. The maximum atomic E-state index is 11.8. The highest BCUT2D eigenvalue weighted by molar-refractivity contribution is 5.99. The molecule has 114 valence electrons. The fourth-order valence-electron chi connectivity index (χ4n) is 1.94. The van der Waals surface area contributed by atoms with E-state index in [9.17, 15) is 4.79 Å². The molecule has 0 fully saturated rings. The van der Waals surface area contributed by atoms with Crippen LogP contribution in [0.15, 0.2) is 54.2 Å². The van der Waals surface area contributed by atoms with Crippen LogP contribution in [0.3, 0.4) is 0 Å². The van der Waals surface area contributed by atoms with Crippen LogP contribution in [0.25, 0.3) is 0 Å². The van der Waals surface area contributed by atoms with E-state index in [4.69, 9.17) is 4.74 Å². The maximum absolute atomic E-state index is 11.8. The Bertz CT molecular complexity index is 689. The van der Waals surface area contributed by atoms with Gasteiger partial charge in [-0.05, 0) is 44.0 Å². The Morgan fingerprint density at radius 1 is 1.23 bits per heavy atom. The van der Waals surface area contributed by atoms with Crippen LogP contribution in [0.2, 0.25) is 0 Å². The predicted molar refractivity (Wildman–Crippen MR) is 87.8 cm³/mol. The van der Waals surface area contributed by atoms with Crippen molar-refractivity contribution in [3.05, 3.63) is 65.4 Å². The summed E-state index contributed by atoms with van der Waals surface area (Å²) in [5.41, 5.74) is 3.20. The summed E-state index contributed by atoms with van der Waals surface area (Å²) in [6.45, 7) is 6.21. The number of amides is 1. The van der Waals surface area contributed by atoms with Crippen molar-refractivity contribution in [3.63, 3.8) is 0 Å². The molecule has 0 aliphatic heterocycles. The highest BCUT2D eigenvalue weighted by atomic mass is 16.5. The van der Waals surface area contributed by atoms with Crippen LogP contribution >= 0.6 is 0 Å². The van der Waals surface area contributed by atoms with Crippen molar-refractivity contribution < 1.29 is 9.53 Å². The lowest BCUT2D eigenvalue weighted by Crippen LogP contribution is -2.11. The molecule has 0 unspecified atom stereocenters. The fourth-order valence-corrected chi connectivity index (χ4v) is 1.94. The SMILES string of the molecule is CC(C)=CC(=O)Nc1ncccc1OCc1ccccc1C. The van der Waals surface area contributed by atoms with E-state index in [1.54, 1.807) is 18.3 Å². The molecule has 1 amide bonds. The molecular formula is C18H20N2O2. The van der Waals surface area contributed by atoms with Crippen LogP contribution in [0, 0.1) is 6.92 Å². The van der Waals surface area contributed by atoms with Crippen LogP contribution in [0.5, 0.6) is 5.75 Å². The van der Waals surface area contributed by atoms with E-state index in [0.29, 0.717) is 18.2 Å². The quantitative estimate of drug-likeness (QED) is 0.852. The summed E-state index contributed by atoms with van der Waals surface area (Å²) in [7, 11) is 0. The summed E-state index contributed by atoms with van der Waals surface area (Å²) in [6, 6.07) is 11.6. The molecule has 0 aliphatic carbocycles. The van der Waals surface area contributed by atoms with Crippen molar-refractivity contribution in [1.29, 1.82) is 0 Å². The van der Waals surface area contributed by atoms with Crippen LogP contribution in [-0.2, 0) is 11.4 Å². The summed E-state index contributed by atoms with van der Waals surface area (Å²) < 4.78 is 5.81. The third kappa shape index (κ3) is 4.45. The van der Waals surface area contributed by atoms with Gasteiger partial charge in [0.15, 0.2) is 11.6 Å². The molecule has 0 saturated carbocycles. The summed E-state index contributed by atoms with van der Waals surface area (Å²) in [5.74, 6) is 0.777. The Morgan fingerprint density at radius 2 is 2.00 bits per heavy atom. The number of rotatable bonds is 5. The molecule has 1 N–H and O–H groups in total. The zero-order valence-electron chi connectivity index (χ0n) is 13.1. The average Bonchev–Trinajstić information content (AvgIpc) is 2.47. The molecule has 0 saturated heterocycles. The molecular weight excluding hydrogens is 276 g/mol. The molecule has 0 spiro atoms. The van der Waals surface area contributed by atoms with Crippen LogP contribution in [0.4, 0.5) is 5.82 Å². The number of nitrogens with zero attached hydrogens (tertiary/aromatic N) is 1. The number of ether oxygens (including phenoxy) is 1. The molecule has 1 heterocycles. The number of carbonyl (C=O) groups is 1. The minimum atomic E-state index is -0.209. The van der Waals surface area contributed by atoms with Gasteiger partial charge in [-0.15, -0.1) is 0 Å². The second-order valence-electron chi connectivity index (χ2n) is 5.28. The number of nitrogens with one attached hydrogen (secondary N) is 1. The lowest BCUT2D eigenvalue weighted by Gasteiger charge is -2.12. The lowest BCUT2D eigenvalue weighted by molar-refractivity contribution is -0.112. The number of anilines is 1. The summed E-state index contributed by atoms with van der Waals surface area (Å²) in [4.78, 5) is 16.0. The maximum Gasteiger partial charge on any atom is 0.249 e. The largest absolute Gasteiger partial charge is 0.485 e. The normalized spacial score (nSPS) is 9.95. The summed E-state index contributed by atoms with van der Waals surface area (Å²) >= 11 is 0. The molecule has 1 aromatic carbocycles. The highest BCUT2D eigenvalue weighted by Gasteiger charge is 2.08. The number of carbonyl (C=O) groups excluding carboxylic acids is 1. The van der Waals surface area contributed by atoms with Gasteiger partial charge in [-0.3, -0.25) is 4.79 Å². The van der Waals surface area contributed by atoms with Gasteiger partial charge in [-0.2, -0.15) is 0 Å². The first-order chi connectivity index (χ1) is 10.6. The highest BCUT2D eigenvalue weighted by Crippen LogP contribution is 2.22. The van der Waals surface area contributed by atoms with E-state index in [1.165, 1.54) is 11.6 Å². The van der Waals surface area contributed by atoms with Crippen molar-refractivity contribution in [2.45, 2.75) is 27.4 Å². The van der Waals surface area contributed by atoms with Crippen LogP contribution in [0.1, 0.15) is 25.0 Å². The van der Waals surface area contributed by atoms with E-state index in [0.717, 1.165) is 11.1 Å². The van der Waals surface area contributed by atoms with Crippen LogP contribution < -0.4 is 10.1 Å². The van der Waals surface area contributed by atoms with Gasteiger partial charge in [-0.1, -0.05) is 29.8 Å². The molecule has 0 radical (unpaired) electrons. The molecule has 0 atom stereocenters. The third-order valence-electron chi connectivity index (χ3n) is 3.08. The molecule has 2 aromatic rings. The number of hydrogen-bond acceptors (Lipinski definition) is 3. The van der Waals surface area contributed by atoms with Gasteiger partial charge < -0.3 is 10.1 Å². The molecule has 0 bridgehead atoms. The predicted octanol–water partition coefficient (Wildman–Crippen LogP) is 3.87. The monoisotopic (exact) mass is 296 g/mol. The van der Waals surface area contributed by atoms with Gasteiger partial charge in [-0.25, -0.2) is 4.98 Å². The minimum Gasteiger partial charge on any atom is -0.485 e. The Morgan fingerprint density at radius 3 is 2.73 bits per heavy atom. The van der Waals surface area contributed by atoms with Gasteiger partial charge in [0.1, 0.15) is 6.61 Å². The fraction of sp³-hybridized carbons (Fsp3) is 0.222. The molecule has 1 aromatic heterocycles. The molecule has 22 heavy (non-hydrogen) atoms. The molecule has 2 rings (SSSR count). The Balaban J connectivity index is 2.10. The Labute approximate surface area is 130 Å². The van der Waals surface area contributed by atoms with Gasteiger partial charge in [0.2, 0.25) is 5.91 Å². The number of pyridine rings is 1. The molecule has 4 heteroatoms. The Hall–Kier alpha value is -2.62. The standard InChI is InChI=1S/C18H20N2O2/c1-13(2)11-17(21)20-18-16(9-6-10-19-18)22-12-15-8-5-4-7-14(15)3/h4-11H,12H2,1-3H3,(H,19,20,21). The minimum absolute atomic E-state index is 0.209. The van der Waals surface area contributed by atoms with Gasteiger partial charge in [0.05, 0.1) is 0 Å². The second-order valence-corrected chi connectivity index (χ2v) is 5.28. The van der Waals surface area contributed by atoms with E-state index < -0.39 is 0 Å². The zero-order valence-corrected chi connectivity index (χ0v) is 13.1. The van der Waals surface area contributed by atoms with Gasteiger partial charge in [0.25, 0.3) is 0 Å². The number of allylic oxidation sites excluding steroid dienone is 1. The van der Waals surface area contributed by atoms with E-state index in [2.05, 4.69) is 10.3 Å². The van der Waals surface area contributed by atoms with Crippen molar-refractivity contribution in [3.8, 4) is 5.75 Å². The summed E-state index contributed by atoms with van der Waals surface area (Å²) in [5, 5.41) is 2.74. The second kappa shape index (κ2) is 7.41. The summed E-state index contributed by atoms with van der Waals surface area (Å²) in [6.07, 6.45) is 3.15. The first-order valence-corrected chi connectivity index (χ1v) is 7.14. The zero-order chi connectivity index (χ0) is 15.9. The van der Waals surface area contributed by atoms with Crippen LogP contribution in [-0.4, -0.2) is 10.9 Å². The van der Waals surface area contributed by atoms with Crippen molar-refractivity contribution in [2.75, 3.05) is 5.32 Å². The topological polar surface area (TPSA) is 51.2 Å². The number of hydrogen-bond donors (Lipinski definition) is 1. The van der Waals surface area contributed by atoms with Gasteiger partial charge >= 0.3 is 0 Å². The molecule has 0 aliphatic rings. The number of benzene rings is 1. The van der Waals surface area contributed by atoms with E-state index >= 15 is 0 Å². The van der Waals surface area contributed by atoms with E-state index in [-0.39, 0.29) is 5.91 Å². The van der Waals surface area contributed by atoms with Crippen molar-refractivity contribution in [2.24, 2.45) is 0 Å². The van der Waals surface area contributed by atoms with E-state index in [1.807, 2.05) is 45.0 Å². The lowest BCUT2D eigenvalue weighted by atomic mass is 10.1. The Kier molecular flexibility index (Phi) is 5.31. The van der Waals surface area contributed by atoms with Crippen molar-refractivity contribution >= 4 is 11.7 Å². The number of aryl methyl sites for hydroxylation is 1. The first kappa shape index (κ1) is 15.8. The average molecular weight is 296 g/mol.